The van der Waals surface area contributed by atoms with E-state index in [2.05, 4.69) is 10.4 Å². The van der Waals surface area contributed by atoms with Crippen molar-refractivity contribution < 1.29 is 19.1 Å². The molecule has 0 unspecified atom stereocenters. The smallest absolute Gasteiger partial charge is 0.338 e. The molecule has 0 atom stereocenters. The van der Waals surface area contributed by atoms with E-state index in [9.17, 15) is 14.4 Å². The molecule has 0 aliphatic rings. The van der Waals surface area contributed by atoms with Crippen LogP contribution in [0.2, 0.25) is 0 Å². The Hall–Kier alpha value is -4.72. The Kier molecular flexibility index (Phi) is 7.55. The number of carbonyl (C=O) groups is 2. The highest BCUT2D eigenvalue weighted by molar-refractivity contribution is 6.05. The van der Waals surface area contributed by atoms with E-state index in [1.165, 1.54) is 16.8 Å². The summed E-state index contributed by atoms with van der Waals surface area (Å²) in [5, 5.41) is 7.06. The van der Waals surface area contributed by atoms with Crippen LogP contribution in [0, 0.1) is 6.92 Å². The minimum absolute atomic E-state index is 0.265. The molecule has 182 valence electrons. The zero-order valence-corrected chi connectivity index (χ0v) is 19.9. The molecule has 0 saturated carbocycles. The number of benzene rings is 3. The monoisotopic (exact) mass is 483 g/mol. The maximum Gasteiger partial charge on any atom is 0.338 e. The zero-order chi connectivity index (χ0) is 25.5. The van der Waals surface area contributed by atoms with E-state index in [1.54, 1.807) is 55.5 Å². The van der Waals surface area contributed by atoms with Gasteiger partial charge in [0.05, 0.1) is 17.9 Å². The van der Waals surface area contributed by atoms with Crippen molar-refractivity contribution in [2.45, 2.75) is 20.5 Å². The maximum atomic E-state index is 12.7. The molecule has 0 aliphatic heterocycles. The van der Waals surface area contributed by atoms with Gasteiger partial charge in [-0.3, -0.25) is 9.59 Å². The van der Waals surface area contributed by atoms with Crippen molar-refractivity contribution in [2.24, 2.45) is 0 Å². The van der Waals surface area contributed by atoms with Crippen LogP contribution in [0.1, 0.15) is 38.8 Å². The van der Waals surface area contributed by atoms with Crippen LogP contribution < -0.4 is 15.6 Å². The molecule has 8 heteroatoms. The van der Waals surface area contributed by atoms with E-state index in [0.29, 0.717) is 35.0 Å². The molecule has 0 saturated heterocycles. The summed E-state index contributed by atoms with van der Waals surface area (Å²) in [5.74, 6) is -0.515. The van der Waals surface area contributed by atoms with Crippen molar-refractivity contribution in [3.05, 3.63) is 118 Å². The number of rotatable bonds is 8. The number of aryl methyl sites for hydroxylation is 1. The molecule has 4 aromatic rings. The van der Waals surface area contributed by atoms with Gasteiger partial charge < -0.3 is 14.8 Å². The minimum atomic E-state index is -0.457. The number of amides is 1. The fraction of sp³-hybridized carbons (Fsp3) is 0.143. The summed E-state index contributed by atoms with van der Waals surface area (Å²) < 4.78 is 12.0. The summed E-state index contributed by atoms with van der Waals surface area (Å²) >= 11 is 0. The summed E-state index contributed by atoms with van der Waals surface area (Å²) in [6.07, 6.45) is 0. The predicted molar refractivity (Wildman–Crippen MR) is 136 cm³/mol. The molecule has 4 rings (SSSR count). The molecule has 1 heterocycles. The number of esters is 1. The molecule has 0 fully saturated rings. The molecule has 0 radical (unpaired) electrons. The highest BCUT2D eigenvalue weighted by atomic mass is 16.5. The zero-order valence-electron chi connectivity index (χ0n) is 19.9. The lowest BCUT2D eigenvalue weighted by Gasteiger charge is -2.10. The van der Waals surface area contributed by atoms with E-state index in [-0.39, 0.29) is 18.1 Å². The maximum absolute atomic E-state index is 12.7. The average Bonchev–Trinajstić information content (AvgIpc) is 2.89. The summed E-state index contributed by atoms with van der Waals surface area (Å²) in [4.78, 5) is 37.0. The Morgan fingerprint density at radius 1 is 0.917 bits per heavy atom. The number of nitrogens with one attached hydrogen (secondary N) is 1. The van der Waals surface area contributed by atoms with Gasteiger partial charge >= 0.3 is 5.97 Å². The first kappa shape index (κ1) is 24.4. The third kappa shape index (κ3) is 6.04. The largest absolute Gasteiger partial charge is 0.472 e. The summed E-state index contributed by atoms with van der Waals surface area (Å²) in [6, 6.07) is 23.8. The molecule has 8 nitrogen and oxygen atoms in total. The molecule has 0 bridgehead atoms. The molecule has 0 aliphatic carbocycles. The van der Waals surface area contributed by atoms with Crippen LogP contribution >= 0.6 is 0 Å². The van der Waals surface area contributed by atoms with Crippen molar-refractivity contribution in [3.63, 3.8) is 0 Å². The van der Waals surface area contributed by atoms with Crippen molar-refractivity contribution in [2.75, 3.05) is 11.9 Å². The first-order valence-electron chi connectivity index (χ1n) is 11.4. The number of hydrogen-bond acceptors (Lipinski definition) is 6. The van der Waals surface area contributed by atoms with Gasteiger partial charge in [-0.15, -0.1) is 5.10 Å². The fourth-order valence-corrected chi connectivity index (χ4v) is 3.51. The predicted octanol–water partition coefficient (Wildman–Crippen LogP) is 4.55. The molecule has 3 aromatic carbocycles. The van der Waals surface area contributed by atoms with E-state index in [0.717, 1.165) is 11.1 Å². The summed E-state index contributed by atoms with van der Waals surface area (Å²) in [7, 11) is 0. The summed E-state index contributed by atoms with van der Waals surface area (Å²) in [6.45, 7) is 4.32. The van der Waals surface area contributed by atoms with Gasteiger partial charge in [0.1, 0.15) is 6.61 Å². The van der Waals surface area contributed by atoms with Gasteiger partial charge in [0.15, 0.2) is 0 Å². The topological polar surface area (TPSA) is 99.5 Å². The number of hydrogen-bond donors (Lipinski definition) is 1. The quantitative estimate of drug-likeness (QED) is 0.369. The second-order valence-corrected chi connectivity index (χ2v) is 8.00. The summed E-state index contributed by atoms with van der Waals surface area (Å²) in [5.41, 5.74) is 3.47. The van der Waals surface area contributed by atoms with Crippen molar-refractivity contribution in [1.82, 2.24) is 9.78 Å². The van der Waals surface area contributed by atoms with Crippen LogP contribution in [0.15, 0.2) is 89.7 Å². The van der Waals surface area contributed by atoms with Gasteiger partial charge in [-0.05, 0) is 61.9 Å². The van der Waals surface area contributed by atoms with Gasteiger partial charge in [-0.1, -0.05) is 35.9 Å². The van der Waals surface area contributed by atoms with Crippen molar-refractivity contribution in [3.8, 4) is 11.6 Å². The van der Waals surface area contributed by atoms with Crippen LogP contribution in [0.25, 0.3) is 5.69 Å². The second-order valence-electron chi connectivity index (χ2n) is 8.00. The van der Waals surface area contributed by atoms with Gasteiger partial charge in [0.2, 0.25) is 5.88 Å². The van der Waals surface area contributed by atoms with E-state index >= 15 is 0 Å². The lowest BCUT2D eigenvalue weighted by molar-refractivity contribution is 0.0526. The first-order chi connectivity index (χ1) is 17.4. The first-order valence-corrected chi connectivity index (χ1v) is 11.4. The molecular formula is C28H25N3O5. The molecular weight excluding hydrogens is 458 g/mol. The van der Waals surface area contributed by atoms with E-state index in [1.807, 2.05) is 31.2 Å². The lowest BCUT2D eigenvalue weighted by Crippen LogP contribution is -2.20. The number of nitrogens with zero attached hydrogens (tertiary/aromatic N) is 2. The highest BCUT2D eigenvalue weighted by Crippen LogP contribution is 2.15. The third-order valence-corrected chi connectivity index (χ3v) is 5.25. The fourth-order valence-electron chi connectivity index (χ4n) is 3.51. The van der Waals surface area contributed by atoms with Crippen molar-refractivity contribution >= 4 is 17.6 Å². The van der Waals surface area contributed by atoms with E-state index in [4.69, 9.17) is 9.47 Å². The van der Waals surface area contributed by atoms with Crippen LogP contribution in [-0.4, -0.2) is 28.3 Å². The van der Waals surface area contributed by atoms with Crippen LogP contribution in [0.4, 0.5) is 5.69 Å². The standard InChI is InChI=1S/C28H25N3O5/c1-3-35-28(34)22-8-5-9-23(17-22)29-27(33)21-10-12-24(13-11-21)31-26(32)15-14-25(30-31)36-18-20-7-4-6-19(2)16-20/h4-17H,3,18H2,1-2H3,(H,29,33). The molecule has 1 amide bonds. The normalized spacial score (nSPS) is 10.5. The second kappa shape index (κ2) is 11.1. The Bertz CT molecular complexity index is 1440. The Labute approximate surface area is 208 Å². The lowest BCUT2D eigenvalue weighted by atomic mass is 10.1. The SMILES string of the molecule is CCOC(=O)c1cccc(NC(=O)c2ccc(-n3nc(OCc4cccc(C)c4)ccc3=O)cc2)c1. The van der Waals surface area contributed by atoms with Crippen LogP contribution in [0.5, 0.6) is 5.88 Å². The van der Waals surface area contributed by atoms with Gasteiger partial charge in [0.25, 0.3) is 11.5 Å². The van der Waals surface area contributed by atoms with Gasteiger partial charge in [-0.2, -0.15) is 4.68 Å². The average molecular weight is 484 g/mol. The van der Waals surface area contributed by atoms with E-state index < -0.39 is 5.97 Å². The highest BCUT2D eigenvalue weighted by Gasteiger charge is 2.11. The molecule has 36 heavy (non-hydrogen) atoms. The Morgan fingerprint density at radius 3 is 2.44 bits per heavy atom. The number of anilines is 1. The molecule has 0 spiro atoms. The molecule has 1 N–H and O–H groups in total. The minimum Gasteiger partial charge on any atom is -0.472 e. The van der Waals surface area contributed by atoms with Gasteiger partial charge in [-0.25, -0.2) is 4.79 Å². The van der Waals surface area contributed by atoms with Crippen molar-refractivity contribution in [1.29, 1.82) is 0 Å². The third-order valence-electron chi connectivity index (χ3n) is 5.25. The molecule has 1 aromatic heterocycles. The number of aromatic nitrogens is 2. The number of carbonyl (C=O) groups excluding carboxylic acids is 2. The van der Waals surface area contributed by atoms with Crippen LogP contribution in [-0.2, 0) is 11.3 Å². The Balaban J connectivity index is 1.46. The number of ether oxygens (including phenoxy) is 2. The Morgan fingerprint density at radius 2 is 1.69 bits per heavy atom. The van der Waals surface area contributed by atoms with Crippen LogP contribution in [0.3, 0.4) is 0 Å². The van der Waals surface area contributed by atoms with Gasteiger partial charge in [0, 0.05) is 23.4 Å².